The molecule has 0 amide bonds. The van der Waals surface area contributed by atoms with Crippen LogP contribution in [0.3, 0.4) is 0 Å². The summed E-state index contributed by atoms with van der Waals surface area (Å²) < 4.78 is 0. The molecule has 0 saturated heterocycles. The van der Waals surface area contributed by atoms with Gasteiger partial charge in [-0.2, -0.15) is 0 Å². The summed E-state index contributed by atoms with van der Waals surface area (Å²) in [5.74, 6) is 0.442. The van der Waals surface area contributed by atoms with E-state index < -0.39 is 0 Å². The second kappa shape index (κ2) is 7.55. The first-order valence-electron chi connectivity index (χ1n) is 9.53. The molecule has 0 atom stereocenters. The van der Waals surface area contributed by atoms with Gasteiger partial charge in [0.25, 0.3) is 0 Å². The summed E-state index contributed by atoms with van der Waals surface area (Å²) in [5, 5.41) is 0. The Morgan fingerprint density at radius 3 is 1.48 bits per heavy atom. The minimum absolute atomic E-state index is 0.0494. The predicted molar refractivity (Wildman–Crippen MR) is 115 cm³/mol. The van der Waals surface area contributed by atoms with Gasteiger partial charge in [-0.25, -0.2) is 0 Å². The lowest BCUT2D eigenvalue weighted by Gasteiger charge is -2.27. The number of hydrogen-bond donors (Lipinski definition) is 0. The fourth-order valence-electron chi connectivity index (χ4n) is 3.93. The Morgan fingerprint density at radius 2 is 1.11 bits per heavy atom. The zero-order valence-corrected chi connectivity index (χ0v) is 17.5. The van der Waals surface area contributed by atoms with Crippen LogP contribution in [-0.4, -0.2) is 11.6 Å². The van der Waals surface area contributed by atoms with E-state index in [1.165, 1.54) is 9.75 Å². The molecule has 0 N–H and O–H groups in total. The molecule has 1 heterocycles. The van der Waals surface area contributed by atoms with Crippen molar-refractivity contribution in [3.05, 3.63) is 57.3 Å². The number of carbonyl (C=O) groups excluding carboxylic acids is 2. The third kappa shape index (κ3) is 5.74. The van der Waals surface area contributed by atoms with E-state index >= 15 is 0 Å². The highest BCUT2D eigenvalue weighted by atomic mass is 32.1. The average molecular weight is 381 g/mol. The molecule has 0 bridgehead atoms. The first-order valence-corrected chi connectivity index (χ1v) is 10.3. The summed E-state index contributed by atoms with van der Waals surface area (Å²) in [4.78, 5) is 26.1. The molecule has 0 aromatic carbocycles. The van der Waals surface area contributed by atoms with Crippen LogP contribution in [0.5, 0.6) is 0 Å². The predicted octanol–water partition coefficient (Wildman–Crippen LogP) is 6.41. The molecule has 0 saturated carbocycles. The zero-order valence-electron chi connectivity index (χ0n) is 16.7. The van der Waals surface area contributed by atoms with Gasteiger partial charge in [0.05, 0.1) is 0 Å². The van der Waals surface area contributed by atoms with Crippen molar-refractivity contribution in [3.63, 3.8) is 0 Å². The lowest BCUT2D eigenvalue weighted by molar-refractivity contribution is -0.117. The molecule has 0 unspecified atom stereocenters. The van der Waals surface area contributed by atoms with E-state index in [2.05, 4.69) is 64.1 Å². The largest absolute Gasteiger partial charge is 0.295 e. The maximum Gasteiger partial charge on any atom is 0.156 e. The van der Waals surface area contributed by atoms with Crippen LogP contribution in [0.2, 0.25) is 0 Å². The molecular weight excluding hydrogens is 352 g/mol. The van der Waals surface area contributed by atoms with Crippen molar-refractivity contribution in [2.24, 2.45) is 10.8 Å². The van der Waals surface area contributed by atoms with Crippen molar-refractivity contribution in [2.45, 2.75) is 53.4 Å². The lowest BCUT2D eigenvalue weighted by Crippen LogP contribution is -2.21. The number of allylic oxidation sites excluding steroid dienone is 6. The Bertz CT molecular complexity index is 801. The van der Waals surface area contributed by atoms with E-state index in [0.717, 1.165) is 24.0 Å². The maximum atomic E-state index is 11.9. The number of hydrogen-bond acceptors (Lipinski definition) is 3. The van der Waals surface area contributed by atoms with Gasteiger partial charge in [0.2, 0.25) is 0 Å². The molecule has 0 radical (unpaired) electrons. The van der Waals surface area contributed by atoms with Gasteiger partial charge in [0.15, 0.2) is 11.6 Å². The fourth-order valence-corrected chi connectivity index (χ4v) is 4.75. The van der Waals surface area contributed by atoms with Crippen molar-refractivity contribution < 1.29 is 9.59 Å². The molecule has 0 aliphatic heterocycles. The molecule has 1 aromatic heterocycles. The first kappa shape index (κ1) is 19.8. The Morgan fingerprint density at radius 1 is 0.704 bits per heavy atom. The summed E-state index contributed by atoms with van der Waals surface area (Å²) in [6, 6.07) is 4.20. The summed E-state index contributed by atoms with van der Waals surface area (Å²) in [7, 11) is 0. The Hall–Kier alpha value is -2.00. The van der Waals surface area contributed by atoms with Crippen molar-refractivity contribution in [1.29, 1.82) is 0 Å². The van der Waals surface area contributed by atoms with Crippen LogP contribution < -0.4 is 0 Å². The van der Waals surface area contributed by atoms with E-state index in [1.54, 1.807) is 23.5 Å². The Kier molecular flexibility index (Phi) is 5.53. The van der Waals surface area contributed by atoms with E-state index in [-0.39, 0.29) is 22.4 Å². The minimum Gasteiger partial charge on any atom is -0.295 e. The minimum atomic E-state index is 0.0494. The fraction of sp³-hybridized carbons (Fsp3) is 0.417. The molecule has 27 heavy (non-hydrogen) atoms. The quantitative estimate of drug-likeness (QED) is 0.605. The second-order valence-corrected chi connectivity index (χ2v) is 10.5. The van der Waals surface area contributed by atoms with Crippen LogP contribution in [0.25, 0.3) is 12.2 Å². The van der Waals surface area contributed by atoms with E-state index in [4.69, 9.17) is 0 Å². The van der Waals surface area contributed by atoms with Gasteiger partial charge in [-0.3, -0.25) is 9.59 Å². The molecule has 0 fully saturated rings. The molecule has 2 aliphatic rings. The summed E-state index contributed by atoms with van der Waals surface area (Å²) in [6.45, 7) is 8.58. The normalized spacial score (nSPS) is 22.4. The third-order valence-corrected chi connectivity index (χ3v) is 5.95. The van der Waals surface area contributed by atoms with Gasteiger partial charge >= 0.3 is 0 Å². The van der Waals surface area contributed by atoms with Crippen molar-refractivity contribution >= 4 is 35.1 Å². The average Bonchev–Trinajstić information content (AvgIpc) is 2.95. The van der Waals surface area contributed by atoms with Crippen LogP contribution in [0.4, 0.5) is 0 Å². The number of thiophene rings is 1. The van der Waals surface area contributed by atoms with Gasteiger partial charge in [-0.1, -0.05) is 39.8 Å². The maximum absolute atomic E-state index is 11.9. The Balaban J connectivity index is 1.67. The first-order chi connectivity index (χ1) is 12.6. The SMILES string of the molecule is CC1(C)CC(=O)C=C(C=Cc2ccc(C=CC3=CC(=O)CC(C)(C)C3)s2)C1. The highest BCUT2D eigenvalue weighted by molar-refractivity contribution is 7.13. The summed E-state index contributed by atoms with van der Waals surface area (Å²) in [5.41, 5.74) is 2.31. The number of rotatable bonds is 4. The second-order valence-electron chi connectivity index (χ2n) is 9.31. The van der Waals surface area contributed by atoms with E-state index in [9.17, 15) is 9.59 Å². The van der Waals surface area contributed by atoms with Gasteiger partial charge in [-0.15, -0.1) is 11.3 Å². The molecular formula is C24H28O2S. The van der Waals surface area contributed by atoms with Crippen LogP contribution in [0, 0.1) is 10.8 Å². The molecule has 142 valence electrons. The topological polar surface area (TPSA) is 34.1 Å². The summed E-state index contributed by atoms with van der Waals surface area (Å²) in [6.07, 6.45) is 15.0. The zero-order chi connectivity index (χ0) is 19.7. The van der Waals surface area contributed by atoms with Gasteiger partial charge in [0, 0.05) is 22.6 Å². The van der Waals surface area contributed by atoms with Crippen molar-refractivity contribution in [3.8, 4) is 0 Å². The lowest BCUT2D eigenvalue weighted by atomic mass is 9.77. The highest BCUT2D eigenvalue weighted by Crippen LogP contribution is 2.35. The monoisotopic (exact) mass is 380 g/mol. The van der Waals surface area contributed by atoms with Crippen LogP contribution >= 0.6 is 11.3 Å². The van der Waals surface area contributed by atoms with Crippen molar-refractivity contribution in [2.75, 3.05) is 0 Å². The smallest absolute Gasteiger partial charge is 0.156 e. The molecule has 2 aliphatic carbocycles. The molecule has 3 rings (SSSR count). The van der Waals surface area contributed by atoms with Gasteiger partial charge in [0.1, 0.15) is 0 Å². The van der Waals surface area contributed by atoms with Gasteiger partial charge in [-0.05, 0) is 71.3 Å². The standard InChI is InChI=1S/C24H28O2S/c1-23(2)13-17(11-19(25)15-23)5-7-21-9-10-22(27-21)8-6-18-12-20(26)16-24(3,4)14-18/h5-12H,13-16H2,1-4H3. The molecule has 3 heteroatoms. The molecule has 1 aromatic rings. The van der Waals surface area contributed by atoms with Crippen LogP contribution in [0.15, 0.2) is 47.6 Å². The third-order valence-electron chi connectivity index (χ3n) is 4.93. The molecule has 0 spiro atoms. The van der Waals surface area contributed by atoms with E-state index in [1.807, 2.05) is 0 Å². The Labute approximate surface area is 166 Å². The number of ketones is 2. The summed E-state index contributed by atoms with van der Waals surface area (Å²) >= 11 is 1.71. The molecule has 2 nitrogen and oxygen atoms in total. The van der Waals surface area contributed by atoms with E-state index in [0.29, 0.717) is 12.8 Å². The van der Waals surface area contributed by atoms with Crippen LogP contribution in [0.1, 0.15) is 63.1 Å². The highest BCUT2D eigenvalue weighted by Gasteiger charge is 2.27. The van der Waals surface area contributed by atoms with Crippen LogP contribution in [-0.2, 0) is 9.59 Å². The number of carbonyl (C=O) groups is 2. The van der Waals surface area contributed by atoms with Crippen molar-refractivity contribution in [1.82, 2.24) is 0 Å². The van der Waals surface area contributed by atoms with Gasteiger partial charge < -0.3 is 0 Å².